The van der Waals surface area contributed by atoms with Gasteiger partial charge < -0.3 is 10.8 Å². The van der Waals surface area contributed by atoms with Gasteiger partial charge in [0, 0.05) is 18.6 Å². The van der Waals surface area contributed by atoms with Crippen molar-refractivity contribution in [1.82, 2.24) is 4.98 Å². The summed E-state index contributed by atoms with van der Waals surface area (Å²) in [5.74, 6) is -1.13. The first-order chi connectivity index (χ1) is 7.30. The molecular weight excluding hydrogens is 268 g/mol. The molecule has 96 valence electrons. The molecule has 0 saturated carbocycles. The van der Waals surface area contributed by atoms with Gasteiger partial charge in [-0.3, -0.25) is 9.78 Å². The number of pyridine rings is 1. The average molecular weight is 281 g/mol. The van der Waals surface area contributed by atoms with E-state index in [9.17, 15) is 13.2 Å². The largest absolute Gasteiger partial charge is 0.480 e. The SMILES string of the molecule is CS(=O)(=O)c1cncc(C[C@H](N)C(=O)O)c1.Cl. The minimum Gasteiger partial charge on any atom is -0.480 e. The summed E-state index contributed by atoms with van der Waals surface area (Å²) in [5.41, 5.74) is 5.81. The lowest BCUT2D eigenvalue weighted by atomic mass is 10.1. The Balaban J connectivity index is 0.00000256. The van der Waals surface area contributed by atoms with Crippen molar-refractivity contribution < 1.29 is 18.3 Å². The van der Waals surface area contributed by atoms with Crippen LogP contribution in [0.25, 0.3) is 0 Å². The fourth-order valence-electron chi connectivity index (χ4n) is 1.12. The summed E-state index contributed by atoms with van der Waals surface area (Å²) in [4.78, 5) is 14.3. The van der Waals surface area contributed by atoms with Gasteiger partial charge in [0.2, 0.25) is 0 Å². The van der Waals surface area contributed by atoms with Crippen LogP contribution in [-0.2, 0) is 21.1 Å². The summed E-state index contributed by atoms with van der Waals surface area (Å²) >= 11 is 0. The van der Waals surface area contributed by atoms with E-state index in [2.05, 4.69) is 4.98 Å². The monoisotopic (exact) mass is 280 g/mol. The van der Waals surface area contributed by atoms with E-state index in [1.54, 1.807) is 0 Å². The average Bonchev–Trinajstić information content (AvgIpc) is 2.16. The summed E-state index contributed by atoms with van der Waals surface area (Å²) in [6.07, 6.45) is 3.72. The van der Waals surface area contributed by atoms with E-state index in [1.165, 1.54) is 18.5 Å². The molecule has 0 aliphatic rings. The smallest absolute Gasteiger partial charge is 0.320 e. The van der Waals surface area contributed by atoms with Crippen molar-refractivity contribution in [2.45, 2.75) is 17.4 Å². The van der Waals surface area contributed by atoms with Gasteiger partial charge in [0.15, 0.2) is 9.84 Å². The van der Waals surface area contributed by atoms with Gasteiger partial charge in [0.25, 0.3) is 0 Å². The molecule has 1 atom stereocenters. The van der Waals surface area contributed by atoms with Crippen LogP contribution >= 0.6 is 12.4 Å². The number of carboxylic acid groups (broad SMARTS) is 1. The summed E-state index contributed by atoms with van der Waals surface area (Å²) in [5, 5.41) is 8.61. The van der Waals surface area contributed by atoms with Gasteiger partial charge in [-0.05, 0) is 18.1 Å². The number of carbonyl (C=O) groups is 1. The third-order valence-electron chi connectivity index (χ3n) is 1.97. The van der Waals surface area contributed by atoms with E-state index in [0.717, 1.165) is 6.26 Å². The lowest BCUT2D eigenvalue weighted by molar-refractivity contribution is -0.138. The van der Waals surface area contributed by atoms with E-state index in [1.807, 2.05) is 0 Å². The van der Waals surface area contributed by atoms with E-state index >= 15 is 0 Å². The molecule has 1 aromatic heterocycles. The number of hydrogen-bond donors (Lipinski definition) is 2. The normalized spacial score (nSPS) is 12.6. The maximum atomic E-state index is 11.2. The van der Waals surface area contributed by atoms with Crippen LogP contribution in [0.5, 0.6) is 0 Å². The Morgan fingerprint density at radius 2 is 2.12 bits per heavy atom. The van der Waals surface area contributed by atoms with Crippen LogP contribution in [0.15, 0.2) is 23.4 Å². The number of carboxylic acids is 1. The number of aliphatic carboxylic acids is 1. The Kier molecular flexibility index (Phi) is 5.53. The first kappa shape index (κ1) is 15.8. The lowest BCUT2D eigenvalue weighted by Crippen LogP contribution is -2.32. The van der Waals surface area contributed by atoms with Gasteiger partial charge in [0.1, 0.15) is 6.04 Å². The van der Waals surface area contributed by atoms with E-state index < -0.39 is 21.8 Å². The zero-order chi connectivity index (χ0) is 12.3. The first-order valence-corrected chi connectivity index (χ1v) is 6.32. The summed E-state index contributed by atoms with van der Waals surface area (Å²) in [6.45, 7) is 0. The van der Waals surface area contributed by atoms with Crippen molar-refractivity contribution in [3.63, 3.8) is 0 Å². The van der Waals surface area contributed by atoms with Gasteiger partial charge in [-0.15, -0.1) is 12.4 Å². The third kappa shape index (κ3) is 4.68. The predicted octanol–water partition coefficient (Wildman–Crippen LogP) is -0.139. The van der Waals surface area contributed by atoms with E-state index in [0.29, 0.717) is 5.56 Å². The number of halogens is 1. The number of aromatic nitrogens is 1. The maximum Gasteiger partial charge on any atom is 0.320 e. The molecule has 0 amide bonds. The second kappa shape index (κ2) is 5.95. The fraction of sp³-hybridized carbons (Fsp3) is 0.333. The van der Waals surface area contributed by atoms with Crippen molar-refractivity contribution >= 4 is 28.2 Å². The molecule has 17 heavy (non-hydrogen) atoms. The molecule has 6 nitrogen and oxygen atoms in total. The van der Waals surface area contributed by atoms with E-state index in [-0.39, 0.29) is 23.7 Å². The molecule has 8 heteroatoms. The molecule has 0 bridgehead atoms. The maximum absolute atomic E-state index is 11.2. The minimum atomic E-state index is -3.33. The van der Waals surface area contributed by atoms with Crippen LogP contribution in [0.1, 0.15) is 5.56 Å². The third-order valence-corrected chi connectivity index (χ3v) is 3.05. The summed E-state index contributed by atoms with van der Waals surface area (Å²) < 4.78 is 22.4. The number of nitrogens with zero attached hydrogens (tertiary/aromatic N) is 1. The highest BCUT2D eigenvalue weighted by molar-refractivity contribution is 7.90. The molecule has 0 aliphatic carbocycles. The Labute approximate surface area is 105 Å². The summed E-state index contributed by atoms with van der Waals surface area (Å²) in [6, 6.07) is 0.321. The minimum absolute atomic E-state index is 0. The van der Waals surface area contributed by atoms with Crippen molar-refractivity contribution in [3.05, 3.63) is 24.0 Å². The lowest BCUT2D eigenvalue weighted by Gasteiger charge is -2.06. The molecule has 1 rings (SSSR count). The number of rotatable bonds is 4. The molecule has 0 unspecified atom stereocenters. The molecule has 1 heterocycles. The Morgan fingerprint density at radius 3 is 2.59 bits per heavy atom. The molecule has 0 spiro atoms. The number of hydrogen-bond acceptors (Lipinski definition) is 5. The van der Waals surface area contributed by atoms with Gasteiger partial charge in [-0.25, -0.2) is 8.42 Å². The molecular formula is C9H13ClN2O4S. The Bertz CT molecular complexity index is 503. The second-order valence-corrected chi connectivity index (χ2v) is 5.47. The highest BCUT2D eigenvalue weighted by Crippen LogP contribution is 2.10. The van der Waals surface area contributed by atoms with Gasteiger partial charge in [-0.1, -0.05) is 0 Å². The number of nitrogens with two attached hydrogens (primary N) is 1. The molecule has 0 aliphatic heterocycles. The standard InChI is InChI=1S/C9H12N2O4S.ClH/c1-16(14,15)7-2-6(4-11-5-7)3-8(10)9(12)13;/h2,4-5,8H,3,10H2,1H3,(H,12,13);1H/t8-;/m0./s1. The van der Waals surface area contributed by atoms with Crippen molar-refractivity contribution in [2.75, 3.05) is 6.26 Å². The molecule has 0 fully saturated rings. The zero-order valence-electron chi connectivity index (χ0n) is 9.03. The van der Waals surface area contributed by atoms with Crippen LogP contribution in [0.4, 0.5) is 0 Å². The van der Waals surface area contributed by atoms with Gasteiger partial charge in [0.05, 0.1) is 4.90 Å². The fourth-order valence-corrected chi connectivity index (χ4v) is 1.74. The highest BCUT2D eigenvalue weighted by Gasteiger charge is 2.14. The van der Waals surface area contributed by atoms with Crippen LogP contribution in [0.3, 0.4) is 0 Å². The van der Waals surface area contributed by atoms with Crippen LogP contribution in [0, 0.1) is 0 Å². The van der Waals surface area contributed by atoms with Crippen LogP contribution in [0.2, 0.25) is 0 Å². The Hall–Kier alpha value is -1.18. The highest BCUT2D eigenvalue weighted by atomic mass is 35.5. The van der Waals surface area contributed by atoms with Crippen LogP contribution in [-0.4, -0.2) is 36.8 Å². The molecule has 1 aromatic rings. The molecule has 0 aromatic carbocycles. The molecule has 0 radical (unpaired) electrons. The van der Waals surface area contributed by atoms with Crippen molar-refractivity contribution in [2.24, 2.45) is 5.73 Å². The van der Waals surface area contributed by atoms with Gasteiger partial charge in [-0.2, -0.15) is 0 Å². The van der Waals surface area contributed by atoms with Crippen molar-refractivity contribution in [3.8, 4) is 0 Å². The zero-order valence-corrected chi connectivity index (χ0v) is 10.7. The van der Waals surface area contributed by atoms with Gasteiger partial charge >= 0.3 is 5.97 Å². The molecule has 3 N–H and O–H groups in total. The molecule has 0 saturated heterocycles. The van der Waals surface area contributed by atoms with E-state index in [4.69, 9.17) is 10.8 Å². The quantitative estimate of drug-likeness (QED) is 0.794. The predicted molar refractivity (Wildman–Crippen MR) is 63.9 cm³/mol. The van der Waals surface area contributed by atoms with Crippen molar-refractivity contribution in [1.29, 1.82) is 0 Å². The first-order valence-electron chi connectivity index (χ1n) is 4.43. The van der Waals surface area contributed by atoms with Crippen LogP contribution < -0.4 is 5.73 Å². The summed E-state index contributed by atoms with van der Waals surface area (Å²) in [7, 11) is -3.33. The topological polar surface area (TPSA) is 110 Å². The second-order valence-electron chi connectivity index (χ2n) is 3.45. The number of sulfone groups is 1. The Morgan fingerprint density at radius 1 is 1.53 bits per heavy atom.